The van der Waals surface area contributed by atoms with Crippen LogP contribution >= 0.6 is 0 Å². The zero-order chi connectivity index (χ0) is 11.2. The highest BCUT2D eigenvalue weighted by Crippen LogP contribution is 2.13. The van der Waals surface area contributed by atoms with Gasteiger partial charge in [0.2, 0.25) is 0 Å². The minimum atomic E-state index is -0.00383. The minimum absolute atomic E-state index is 0.00383. The van der Waals surface area contributed by atoms with Crippen molar-refractivity contribution in [2.24, 2.45) is 0 Å². The van der Waals surface area contributed by atoms with Crippen molar-refractivity contribution in [1.29, 1.82) is 0 Å². The second kappa shape index (κ2) is 5.18. The molecule has 0 aromatic carbocycles. The number of aliphatic hydroxyl groups is 1. The van der Waals surface area contributed by atoms with Gasteiger partial charge in [0, 0.05) is 36.3 Å². The van der Waals surface area contributed by atoms with Gasteiger partial charge in [-0.25, -0.2) is 9.97 Å². The Hall–Kier alpha value is -2.01. The second-order valence-electron chi connectivity index (χ2n) is 3.29. The average molecular weight is 216 g/mol. The van der Waals surface area contributed by atoms with Gasteiger partial charge >= 0.3 is 0 Å². The normalized spacial score (nSPS) is 10.1. The molecule has 0 radical (unpaired) electrons. The molecule has 0 aliphatic rings. The van der Waals surface area contributed by atoms with E-state index < -0.39 is 0 Å². The number of pyridine rings is 1. The number of rotatable bonds is 4. The van der Waals surface area contributed by atoms with Crippen molar-refractivity contribution in [1.82, 2.24) is 15.0 Å². The minimum Gasteiger partial charge on any atom is -0.392 e. The highest BCUT2D eigenvalue weighted by atomic mass is 16.3. The van der Waals surface area contributed by atoms with Crippen LogP contribution in [0.2, 0.25) is 0 Å². The molecule has 0 bridgehead atoms. The van der Waals surface area contributed by atoms with E-state index in [2.05, 4.69) is 20.3 Å². The van der Waals surface area contributed by atoms with E-state index in [9.17, 15) is 0 Å². The van der Waals surface area contributed by atoms with Gasteiger partial charge in [-0.15, -0.1) is 0 Å². The quantitative estimate of drug-likeness (QED) is 0.797. The number of nitrogens with one attached hydrogen (secondary N) is 1. The topological polar surface area (TPSA) is 70.9 Å². The molecule has 5 nitrogen and oxygen atoms in total. The molecule has 0 aliphatic carbocycles. The van der Waals surface area contributed by atoms with Crippen LogP contribution in [0.1, 0.15) is 11.1 Å². The van der Waals surface area contributed by atoms with Crippen LogP contribution in [0.15, 0.2) is 37.2 Å². The van der Waals surface area contributed by atoms with E-state index in [1.54, 1.807) is 30.9 Å². The Morgan fingerprint density at radius 2 is 1.94 bits per heavy atom. The van der Waals surface area contributed by atoms with E-state index in [4.69, 9.17) is 5.11 Å². The van der Waals surface area contributed by atoms with Crippen molar-refractivity contribution in [3.8, 4) is 0 Å². The van der Waals surface area contributed by atoms with Crippen LogP contribution in [-0.2, 0) is 13.2 Å². The summed E-state index contributed by atoms with van der Waals surface area (Å²) in [5, 5.41) is 12.3. The predicted octanol–water partition coefficient (Wildman–Crippen LogP) is 0.976. The van der Waals surface area contributed by atoms with Crippen LogP contribution in [0, 0.1) is 0 Å². The van der Waals surface area contributed by atoms with Gasteiger partial charge < -0.3 is 10.4 Å². The third-order valence-corrected chi connectivity index (χ3v) is 2.18. The molecule has 2 N–H and O–H groups in total. The molecular weight excluding hydrogens is 204 g/mol. The van der Waals surface area contributed by atoms with E-state index in [0.29, 0.717) is 6.54 Å². The van der Waals surface area contributed by atoms with Gasteiger partial charge in [-0.05, 0) is 6.07 Å². The van der Waals surface area contributed by atoms with Crippen LogP contribution in [-0.4, -0.2) is 20.1 Å². The van der Waals surface area contributed by atoms with Gasteiger partial charge in [-0.2, -0.15) is 0 Å². The summed E-state index contributed by atoms with van der Waals surface area (Å²) < 4.78 is 0. The van der Waals surface area contributed by atoms with Crippen LogP contribution < -0.4 is 5.32 Å². The van der Waals surface area contributed by atoms with Crippen molar-refractivity contribution in [3.63, 3.8) is 0 Å². The molecule has 0 aliphatic heterocycles. The lowest BCUT2D eigenvalue weighted by Gasteiger charge is -2.09. The van der Waals surface area contributed by atoms with E-state index in [1.165, 1.54) is 6.33 Å². The molecule has 2 aromatic rings. The fourth-order valence-corrected chi connectivity index (χ4v) is 1.34. The molecule has 0 atom stereocenters. The SMILES string of the molecule is OCc1ccncc1NCc1cncnc1. The molecule has 0 amide bonds. The number of aromatic nitrogens is 3. The summed E-state index contributed by atoms with van der Waals surface area (Å²) in [4.78, 5) is 11.8. The molecule has 0 fully saturated rings. The summed E-state index contributed by atoms with van der Waals surface area (Å²) in [7, 11) is 0. The zero-order valence-corrected chi connectivity index (χ0v) is 8.67. The predicted molar refractivity (Wildman–Crippen MR) is 59.5 cm³/mol. The first-order chi connectivity index (χ1) is 7.90. The van der Waals surface area contributed by atoms with Crippen LogP contribution in [0.25, 0.3) is 0 Å². The largest absolute Gasteiger partial charge is 0.392 e. The summed E-state index contributed by atoms with van der Waals surface area (Å²) in [6.45, 7) is 0.607. The Kier molecular flexibility index (Phi) is 3.40. The van der Waals surface area contributed by atoms with Crippen molar-refractivity contribution in [3.05, 3.63) is 48.3 Å². The highest BCUT2D eigenvalue weighted by Gasteiger charge is 2.00. The molecular formula is C11H12N4O. The van der Waals surface area contributed by atoms with Gasteiger partial charge in [0.25, 0.3) is 0 Å². The zero-order valence-electron chi connectivity index (χ0n) is 8.67. The molecule has 2 heterocycles. The first-order valence-electron chi connectivity index (χ1n) is 4.91. The molecule has 0 unspecified atom stereocenters. The van der Waals surface area contributed by atoms with E-state index >= 15 is 0 Å². The second-order valence-corrected chi connectivity index (χ2v) is 3.29. The fourth-order valence-electron chi connectivity index (χ4n) is 1.34. The molecule has 16 heavy (non-hydrogen) atoms. The van der Waals surface area contributed by atoms with Gasteiger partial charge in [-0.3, -0.25) is 4.98 Å². The third kappa shape index (κ3) is 2.52. The molecule has 0 saturated heterocycles. The van der Waals surface area contributed by atoms with Crippen molar-refractivity contribution in [2.45, 2.75) is 13.2 Å². The third-order valence-electron chi connectivity index (χ3n) is 2.18. The van der Waals surface area contributed by atoms with Crippen molar-refractivity contribution >= 4 is 5.69 Å². The molecule has 82 valence electrons. The van der Waals surface area contributed by atoms with Crippen molar-refractivity contribution < 1.29 is 5.11 Å². The number of anilines is 1. The smallest absolute Gasteiger partial charge is 0.115 e. The molecule has 5 heteroatoms. The number of hydrogen-bond donors (Lipinski definition) is 2. The van der Waals surface area contributed by atoms with Gasteiger partial charge in [-0.1, -0.05) is 0 Å². The summed E-state index contributed by atoms with van der Waals surface area (Å²) in [5.41, 5.74) is 2.64. The van der Waals surface area contributed by atoms with E-state index in [1.807, 2.05) is 0 Å². The monoisotopic (exact) mass is 216 g/mol. The lowest BCUT2D eigenvalue weighted by Crippen LogP contribution is -2.03. The van der Waals surface area contributed by atoms with Crippen molar-refractivity contribution in [2.75, 3.05) is 5.32 Å². The summed E-state index contributed by atoms with van der Waals surface area (Å²) in [6, 6.07) is 1.78. The first-order valence-corrected chi connectivity index (χ1v) is 4.91. The Bertz CT molecular complexity index is 447. The number of nitrogens with zero attached hydrogens (tertiary/aromatic N) is 3. The van der Waals surface area contributed by atoms with Gasteiger partial charge in [0.1, 0.15) is 6.33 Å². The van der Waals surface area contributed by atoms with Gasteiger partial charge in [0.15, 0.2) is 0 Å². The Labute approximate surface area is 93.2 Å². The summed E-state index contributed by atoms with van der Waals surface area (Å²) in [5.74, 6) is 0. The maximum atomic E-state index is 9.12. The standard InChI is InChI=1S/C11H12N4O/c16-7-10-1-2-12-6-11(10)15-5-9-3-13-8-14-4-9/h1-4,6,8,15-16H,5,7H2. The van der Waals surface area contributed by atoms with Crippen LogP contribution in [0.3, 0.4) is 0 Å². The summed E-state index contributed by atoms with van der Waals surface area (Å²) in [6.07, 6.45) is 8.33. The molecule has 2 aromatic heterocycles. The lowest BCUT2D eigenvalue weighted by atomic mass is 10.2. The Morgan fingerprint density at radius 3 is 2.69 bits per heavy atom. The first kappa shape index (κ1) is 10.5. The fraction of sp³-hybridized carbons (Fsp3) is 0.182. The molecule has 0 saturated carbocycles. The summed E-state index contributed by atoms with van der Waals surface area (Å²) >= 11 is 0. The van der Waals surface area contributed by atoms with Crippen LogP contribution in [0.4, 0.5) is 5.69 Å². The van der Waals surface area contributed by atoms with E-state index in [-0.39, 0.29) is 6.61 Å². The number of aliphatic hydroxyl groups excluding tert-OH is 1. The average Bonchev–Trinajstić information content (AvgIpc) is 2.38. The van der Waals surface area contributed by atoms with Gasteiger partial charge in [0.05, 0.1) is 18.5 Å². The van der Waals surface area contributed by atoms with E-state index in [0.717, 1.165) is 16.8 Å². The molecule has 0 spiro atoms. The van der Waals surface area contributed by atoms with Crippen LogP contribution in [0.5, 0.6) is 0 Å². The maximum Gasteiger partial charge on any atom is 0.115 e. The Balaban J connectivity index is 2.05. The highest BCUT2D eigenvalue weighted by molar-refractivity contribution is 5.48. The lowest BCUT2D eigenvalue weighted by molar-refractivity contribution is 0.282. The maximum absolute atomic E-state index is 9.12. The molecule has 2 rings (SSSR count). The Morgan fingerprint density at radius 1 is 1.12 bits per heavy atom. The number of hydrogen-bond acceptors (Lipinski definition) is 5.